The van der Waals surface area contributed by atoms with E-state index in [0.29, 0.717) is 5.96 Å². The molecule has 1 aliphatic rings. The summed E-state index contributed by atoms with van der Waals surface area (Å²) in [5, 5.41) is 0. The molecule has 0 aliphatic carbocycles. The van der Waals surface area contributed by atoms with Crippen molar-refractivity contribution in [2.45, 2.75) is 38.4 Å². The van der Waals surface area contributed by atoms with E-state index in [-0.39, 0.29) is 6.54 Å². The van der Waals surface area contributed by atoms with Crippen molar-refractivity contribution < 1.29 is 8.42 Å². The van der Waals surface area contributed by atoms with Gasteiger partial charge >= 0.3 is 0 Å². The minimum Gasteiger partial charge on any atom is -0.370 e. The molecule has 1 fully saturated rings. The summed E-state index contributed by atoms with van der Waals surface area (Å²) in [6, 6.07) is 0. The van der Waals surface area contributed by atoms with E-state index in [1.54, 1.807) is 13.8 Å². The Hall–Kier alpha value is -0.780. The zero-order valence-electron chi connectivity index (χ0n) is 11.8. The van der Waals surface area contributed by atoms with Crippen molar-refractivity contribution in [3.05, 3.63) is 0 Å². The summed E-state index contributed by atoms with van der Waals surface area (Å²) in [4.78, 5) is 6.29. The van der Waals surface area contributed by atoms with Crippen LogP contribution in [-0.4, -0.2) is 49.9 Å². The van der Waals surface area contributed by atoms with Crippen molar-refractivity contribution in [1.82, 2.24) is 4.90 Å². The molecule has 0 aromatic heterocycles. The fourth-order valence-corrected chi connectivity index (χ4v) is 2.03. The Morgan fingerprint density at radius 2 is 1.89 bits per heavy atom. The van der Waals surface area contributed by atoms with Gasteiger partial charge in [0.1, 0.15) is 0 Å². The molecule has 1 rings (SSSR count). The summed E-state index contributed by atoms with van der Waals surface area (Å²) in [7, 11) is -3.12. The Kier molecular flexibility index (Phi) is 4.64. The quantitative estimate of drug-likeness (QED) is 0.612. The maximum Gasteiger partial charge on any atom is 0.191 e. The van der Waals surface area contributed by atoms with Gasteiger partial charge in [-0.15, -0.1) is 0 Å². The van der Waals surface area contributed by atoms with Gasteiger partial charge in [0.05, 0.1) is 11.3 Å². The molecule has 6 heteroatoms. The molecule has 0 aromatic rings. The average Bonchev–Trinajstić information content (AvgIpc) is 2.25. The molecule has 1 aliphatic heterocycles. The number of likely N-dealkylation sites (tertiary alicyclic amines) is 1. The van der Waals surface area contributed by atoms with Crippen LogP contribution in [0.4, 0.5) is 0 Å². The van der Waals surface area contributed by atoms with Crippen LogP contribution in [-0.2, 0) is 9.84 Å². The molecule has 0 bridgehead atoms. The molecule has 2 N–H and O–H groups in total. The van der Waals surface area contributed by atoms with Gasteiger partial charge in [0.25, 0.3) is 0 Å². The van der Waals surface area contributed by atoms with E-state index >= 15 is 0 Å². The molecule has 0 aromatic carbocycles. The Bertz CT molecular complexity index is 407. The smallest absolute Gasteiger partial charge is 0.191 e. The maximum absolute atomic E-state index is 11.6. The van der Waals surface area contributed by atoms with E-state index < -0.39 is 14.6 Å². The van der Waals surface area contributed by atoms with Crippen molar-refractivity contribution in [1.29, 1.82) is 0 Å². The standard InChI is InChI=1S/C12H25N3O2S/c1-10-5-7-15(8-6-10)11(13)14-9-12(2,3)18(4,16)17/h10H,5-9H2,1-4H3,(H2,13,14). The minimum absolute atomic E-state index is 0.212. The summed E-state index contributed by atoms with van der Waals surface area (Å²) in [6.07, 6.45) is 3.47. The lowest BCUT2D eigenvalue weighted by Gasteiger charge is -2.31. The van der Waals surface area contributed by atoms with Crippen LogP contribution >= 0.6 is 0 Å². The molecule has 18 heavy (non-hydrogen) atoms. The third-order valence-electron chi connectivity index (χ3n) is 3.73. The monoisotopic (exact) mass is 275 g/mol. The molecule has 0 unspecified atom stereocenters. The van der Waals surface area contributed by atoms with Crippen LogP contribution in [0.15, 0.2) is 4.99 Å². The van der Waals surface area contributed by atoms with Gasteiger partial charge in [-0.2, -0.15) is 0 Å². The van der Waals surface area contributed by atoms with Gasteiger partial charge in [-0.3, -0.25) is 4.99 Å². The third kappa shape index (κ3) is 3.86. The van der Waals surface area contributed by atoms with E-state index in [9.17, 15) is 8.42 Å². The molecule has 1 heterocycles. The number of rotatable bonds is 3. The lowest BCUT2D eigenvalue weighted by Crippen LogP contribution is -2.44. The first-order valence-corrected chi connectivity index (χ1v) is 8.27. The normalized spacial score (nSPS) is 20.2. The molecule has 0 saturated carbocycles. The van der Waals surface area contributed by atoms with Crippen LogP contribution in [0.25, 0.3) is 0 Å². The SMILES string of the molecule is CC1CCN(C(N)=NCC(C)(C)S(C)(=O)=O)CC1. The molecular formula is C12H25N3O2S. The summed E-state index contributed by atoms with van der Waals surface area (Å²) in [5.41, 5.74) is 5.93. The van der Waals surface area contributed by atoms with Crippen LogP contribution in [0.2, 0.25) is 0 Å². The van der Waals surface area contributed by atoms with Crippen molar-refractivity contribution in [2.75, 3.05) is 25.9 Å². The molecule has 0 radical (unpaired) electrons. The molecule has 0 atom stereocenters. The first-order chi connectivity index (χ1) is 8.13. The highest BCUT2D eigenvalue weighted by Gasteiger charge is 2.30. The van der Waals surface area contributed by atoms with Crippen LogP contribution in [0.3, 0.4) is 0 Å². The molecule has 5 nitrogen and oxygen atoms in total. The van der Waals surface area contributed by atoms with Gasteiger partial charge in [0.15, 0.2) is 15.8 Å². The summed E-state index contributed by atoms with van der Waals surface area (Å²) in [5.74, 6) is 1.21. The minimum atomic E-state index is -3.12. The lowest BCUT2D eigenvalue weighted by atomic mass is 10.00. The molecule has 0 spiro atoms. The van der Waals surface area contributed by atoms with Crippen LogP contribution in [0, 0.1) is 5.92 Å². The van der Waals surface area contributed by atoms with E-state index in [0.717, 1.165) is 31.8 Å². The second-order valence-electron chi connectivity index (χ2n) is 5.88. The Labute approximate surface area is 110 Å². The second-order valence-corrected chi connectivity index (χ2v) is 8.53. The van der Waals surface area contributed by atoms with Crippen molar-refractivity contribution in [2.24, 2.45) is 16.6 Å². The number of aliphatic imine (C=N–C) groups is 1. The zero-order chi connectivity index (χ0) is 14.0. The third-order valence-corrected chi connectivity index (χ3v) is 5.87. The van der Waals surface area contributed by atoms with Crippen LogP contribution in [0.1, 0.15) is 33.6 Å². The maximum atomic E-state index is 11.6. The van der Waals surface area contributed by atoms with Gasteiger partial charge in [0.2, 0.25) is 0 Å². The van der Waals surface area contributed by atoms with Crippen molar-refractivity contribution >= 4 is 15.8 Å². The van der Waals surface area contributed by atoms with Crippen LogP contribution < -0.4 is 5.73 Å². The number of piperidine rings is 1. The van der Waals surface area contributed by atoms with Gasteiger partial charge in [-0.1, -0.05) is 6.92 Å². The largest absolute Gasteiger partial charge is 0.370 e. The molecular weight excluding hydrogens is 250 g/mol. The number of guanidine groups is 1. The fraction of sp³-hybridized carbons (Fsp3) is 0.917. The predicted octanol–water partition coefficient (Wildman–Crippen LogP) is 0.856. The highest BCUT2D eigenvalue weighted by Crippen LogP contribution is 2.17. The molecule has 0 amide bonds. The van der Waals surface area contributed by atoms with Gasteiger partial charge in [-0.05, 0) is 32.6 Å². The van der Waals surface area contributed by atoms with E-state index in [1.807, 2.05) is 4.90 Å². The average molecular weight is 275 g/mol. The number of hydrogen-bond acceptors (Lipinski definition) is 3. The van der Waals surface area contributed by atoms with E-state index in [4.69, 9.17) is 5.73 Å². The highest BCUT2D eigenvalue weighted by atomic mass is 32.2. The predicted molar refractivity (Wildman–Crippen MR) is 75.4 cm³/mol. The van der Waals surface area contributed by atoms with Gasteiger partial charge in [-0.25, -0.2) is 8.42 Å². The lowest BCUT2D eigenvalue weighted by molar-refractivity contribution is 0.277. The molecule has 106 valence electrons. The first-order valence-electron chi connectivity index (χ1n) is 6.38. The second kappa shape index (κ2) is 5.47. The summed E-state index contributed by atoms with van der Waals surface area (Å²) < 4.78 is 22.3. The summed E-state index contributed by atoms with van der Waals surface area (Å²) in [6.45, 7) is 7.63. The Morgan fingerprint density at radius 1 is 1.39 bits per heavy atom. The number of nitrogens with two attached hydrogens (primary N) is 1. The highest BCUT2D eigenvalue weighted by molar-refractivity contribution is 7.92. The van der Waals surface area contributed by atoms with Gasteiger partial charge in [0, 0.05) is 19.3 Å². The number of sulfone groups is 1. The van der Waals surface area contributed by atoms with Crippen molar-refractivity contribution in [3.8, 4) is 0 Å². The molecule has 1 saturated heterocycles. The zero-order valence-corrected chi connectivity index (χ0v) is 12.6. The van der Waals surface area contributed by atoms with Crippen molar-refractivity contribution in [3.63, 3.8) is 0 Å². The fourth-order valence-electron chi connectivity index (χ4n) is 1.73. The first kappa shape index (κ1) is 15.3. The number of nitrogens with zero attached hydrogens (tertiary/aromatic N) is 2. The van der Waals surface area contributed by atoms with E-state index in [1.165, 1.54) is 6.26 Å². The van der Waals surface area contributed by atoms with Gasteiger partial charge < -0.3 is 10.6 Å². The van der Waals surface area contributed by atoms with Crippen LogP contribution in [0.5, 0.6) is 0 Å². The summed E-state index contributed by atoms with van der Waals surface area (Å²) >= 11 is 0. The Balaban J connectivity index is 2.62. The Morgan fingerprint density at radius 3 is 2.33 bits per heavy atom. The van der Waals surface area contributed by atoms with E-state index in [2.05, 4.69) is 11.9 Å². The number of hydrogen-bond donors (Lipinski definition) is 1. The topological polar surface area (TPSA) is 75.8 Å².